The Hall–Kier alpha value is -2.70. The summed E-state index contributed by atoms with van der Waals surface area (Å²) in [5, 5.41) is 7.45. The Bertz CT molecular complexity index is 778. The largest absolute Gasteiger partial charge is 0.495 e. The highest BCUT2D eigenvalue weighted by Gasteiger charge is 2.24. The minimum atomic E-state index is -0.0672. The van der Waals surface area contributed by atoms with Crippen LogP contribution in [0.5, 0.6) is 5.75 Å². The van der Waals surface area contributed by atoms with E-state index in [1.165, 1.54) is 0 Å². The van der Waals surface area contributed by atoms with Gasteiger partial charge in [-0.05, 0) is 25.5 Å². The molecule has 7 nitrogen and oxygen atoms in total. The number of nitrogens with one attached hydrogen (secondary N) is 1. The molecule has 1 aromatic carbocycles. The van der Waals surface area contributed by atoms with Crippen LogP contribution in [-0.2, 0) is 13.5 Å². The molecular weight excluding hydrogens is 330 g/mol. The van der Waals surface area contributed by atoms with Gasteiger partial charge in [-0.3, -0.25) is 10.00 Å². The van der Waals surface area contributed by atoms with Gasteiger partial charge in [0, 0.05) is 38.8 Å². The first kappa shape index (κ1) is 18.1. The van der Waals surface area contributed by atoms with Crippen molar-refractivity contribution in [1.82, 2.24) is 14.7 Å². The number of carbonyl (C=O) groups is 1. The number of amides is 2. The minimum Gasteiger partial charge on any atom is -0.495 e. The number of urea groups is 1. The maximum Gasteiger partial charge on any atom is 0.323 e. The number of anilines is 2. The molecule has 0 radical (unpaired) electrons. The van der Waals surface area contributed by atoms with Gasteiger partial charge in [0.2, 0.25) is 0 Å². The third-order valence-corrected chi connectivity index (χ3v) is 4.92. The normalized spacial score (nSPS) is 14.5. The molecule has 2 amide bonds. The standard InChI is InChI=1S/C19H27N5O2/c1-5-15-14(2)21-22(3)18(15)20-19(25)24-12-10-23(11-13-24)16-8-6-7-9-17(16)26-4/h6-9H,5,10-13H2,1-4H3,(H,20,25). The molecule has 1 N–H and O–H groups in total. The van der Waals surface area contributed by atoms with Crippen molar-refractivity contribution < 1.29 is 9.53 Å². The van der Waals surface area contributed by atoms with E-state index in [9.17, 15) is 4.79 Å². The smallest absolute Gasteiger partial charge is 0.323 e. The van der Waals surface area contributed by atoms with Crippen molar-refractivity contribution in [3.8, 4) is 5.75 Å². The molecular formula is C19H27N5O2. The number of aromatic nitrogens is 2. The Morgan fingerprint density at radius 2 is 1.92 bits per heavy atom. The van der Waals surface area contributed by atoms with E-state index in [1.807, 2.05) is 37.1 Å². The molecule has 0 aliphatic carbocycles. The van der Waals surface area contributed by atoms with Crippen molar-refractivity contribution in [1.29, 1.82) is 0 Å². The number of aryl methyl sites for hydroxylation is 2. The molecule has 0 unspecified atom stereocenters. The van der Waals surface area contributed by atoms with Gasteiger partial charge in [0.1, 0.15) is 11.6 Å². The van der Waals surface area contributed by atoms with Crippen LogP contribution in [0.4, 0.5) is 16.3 Å². The van der Waals surface area contributed by atoms with Crippen LogP contribution < -0.4 is 15.0 Å². The predicted molar refractivity (Wildman–Crippen MR) is 103 cm³/mol. The average molecular weight is 357 g/mol. The molecule has 0 atom stereocenters. The van der Waals surface area contributed by atoms with E-state index in [4.69, 9.17) is 4.74 Å². The average Bonchev–Trinajstić information content (AvgIpc) is 2.94. The van der Waals surface area contributed by atoms with Gasteiger partial charge in [-0.2, -0.15) is 5.10 Å². The lowest BCUT2D eigenvalue weighted by molar-refractivity contribution is 0.208. The highest BCUT2D eigenvalue weighted by atomic mass is 16.5. The molecule has 1 aliphatic rings. The van der Waals surface area contributed by atoms with Crippen LogP contribution in [-0.4, -0.2) is 54.0 Å². The number of hydrogen-bond donors (Lipinski definition) is 1. The summed E-state index contributed by atoms with van der Waals surface area (Å²) in [6.07, 6.45) is 0.844. The van der Waals surface area contributed by atoms with Crippen LogP contribution in [0, 0.1) is 6.92 Å². The SMILES string of the molecule is CCc1c(C)nn(C)c1NC(=O)N1CCN(c2ccccc2OC)CC1. The van der Waals surface area contributed by atoms with Crippen molar-refractivity contribution in [2.75, 3.05) is 43.5 Å². The van der Waals surface area contributed by atoms with Gasteiger partial charge in [-0.25, -0.2) is 4.79 Å². The number of hydrogen-bond acceptors (Lipinski definition) is 4. The highest BCUT2D eigenvalue weighted by molar-refractivity contribution is 5.89. The van der Waals surface area contributed by atoms with Crippen molar-refractivity contribution in [3.05, 3.63) is 35.5 Å². The second-order valence-corrected chi connectivity index (χ2v) is 6.47. The molecule has 1 aromatic heterocycles. The van der Waals surface area contributed by atoms with E-state index >= 15 is 0 Å². The number of carbonyl (C=O) groups excluding carboxylic acids is 1. The first-order valence-corrected chi connectivity index (χ1v) is 9.01. The fourth-order valence-electron chi connectivity index (χ4n) is 3.50. The van der Waals surface area contributed by atoms with Gasteiger partial charge >= 0.3 is 6.03 Å². The Morgan fingerprint density at radius 1 is 1.23 bits per heavy atom. The molecule has 1 fully saturated rings. The molecule has 0 bridgehead atoms. The number of para-hydroxylation sites is 2. The summed E-state index contributed by atoms with van der Waals surface area (Å²) in [4.78, 5) is 16.8. The zero-order valence-electron chi connectivity index (χ0n) is 16.0. The van der Waals surface area contributed by atoms with Crippen molar-refractivity contribution in [2.45, 2.75) is 20.3 Å². The Balaban J connectivity index is 1.64. The Labute approximate surface area is 154 Å². The van der Waals surface area contributed by atoms with E-state index in [1.54, 1.807) is 11.8 Å². The molecule has 140 valence electrons. The lowest BCUT2D eigenvalue weighted by Gasteiger charge is -2.36. The van der Waals surface area contributed by atoms with Gasteiger partial charge in [0.05, 0.1) is 18.5 Å². The quantitative estimate of drug-likeness (QED) is 0.914. The molecule has 7 heteroatoms. The maximum atomic E-state index is 12.7. The Kier molecular flexibility index (Phi) is 5.35. The first-order valence-electron chi connectivity index (χ1n) is 9.01. The molecule has 26 heavy (non-hydrogen) atoms. The predicted octanol–water partition coefficient (Wildman–Crippen LogP) is 2.65. The zero-order valence-corrected chi connectivity index (χ0v) is 16.0. The van der Waals surface area contributed by atoms with Crippen LogP contribution in [0.3, 0.4) is 0 Å². The van der Waals surface area contributed by atoms with Crippen molar-refractivity contribution in [3.63, 3.8) is 0 Å². The summed E-state index contributed by atoms with van der Waals surface area (Å²) >= 11 is 0. The van der Waals surface area contributed by atoms with E-state index < -0.39 is 0 Å². The number of piperazine rings is 1. The van der Waals surface area contributed by atoms with Gasteiger partial charge in [0.25, 0.3) is 0 Å². The summed E-state index contributed by atoms with van der Waals surface area (Å²) < 4.78 is 7.20. The van der Waals surface area contributed by atoms with Crippen LogP contribution in [0.15, 0.2) is 24.3 Å². The number of benzene rings is 1. The monoisotopic (exact) mass is 357 g/mol. The summed E-state index contributed by atoms with van der Waals surface area (Å²) in [7, 11) is 3.55. The third kappa shape index (κ3) is 3.47. The van der Waals surface area contributed by atoms with Crippen LogP contribution in [0.1, 0.15) is 18.2 Å². The lowest BCUT2D eigenvalue weighted by Crippen LogP contribution is -2.50. The fraction of sp³-hybridized carbons (Fsp3) is 0.474. The van der Waals surface area contributed by atoms with E-state index in [-0.39, 0.29) is 6.03 Å². The lowest BCUT2D eigenvalue weighted by atomic mass is 10.2. The Morgan fingerprint density at radius 3 is 2.58 bits per heavy atom. The van der Waals surface area contributed by atoms with Gasteiger partial charge in [-0.15, -0.1) is 0 Å². The van der Waals surface area contributed by atoms with Crippen LogP contribution >= 0.6 is 0 Å². The molecule has 1 aliphatic heterocycles. The first-order chi connectivity index (χ1) is 12.5. The van der Waals surface area contributed by atoms with E-state index in [0.29, 0.717) is 13.1 Å². The summed E-state index contributed by atoms with van der Waals surface area (Å²) in [6, 6.07) is 7.93. The molecule has 0 spiro atoms. The van der Waals surface area contributed by atoms with Gasteiger partial charge in [0.15, 0.2) is 0 Å². The molecule has 1 saturated heterocycles. The number of methoxy groups -OCH3 is 1. The summed E-state index contributed by atoms with van der Waals surface area (Å²) in [5.41, 5.74) is 3.13. The summed E-state index contributed by atoms with van der Waals surface area (Å²) in [6.45, 7) is 6.94. The number of ether oxygens (including phenoxy) is 1. The summed E-state index contributed by atoms with van der Waals surface area (Å²) in [5.74, 6) is 1.66. The second-order valence-electron chi connectivity index (χ2n) is 6.47. The van der Waals surface area contributed by atoms with E-state index in [0.717, 1.165) is 48.0 Å². The van der Waals surface area contributed by atoms with Crippen molar-refractivity contribution >= 4 is 17.5 Å². The number of nitrogens with zero attached hydrogens (tertiary/aromatic N) is 4. The molecule has 2 aromatic rings. The minimum absolute atomic E-state index is 0.0672. The zero-order chi connectivity index (χ0) is 18.7. The molecule has 0 saturated carbocycles. The van der Waals surface area contributed by atoms with Gasteiger partial charge < -0.3 is 14.5 Å². The number of rotatable bonds is 4. The van der Waals surface area contributed by atoms with Crippen molar-refractivity contribution in [2.24, 2.45) is 7.05 Å². The third-order valence-electron chi connectivity index (χ3n) is 4.92. The van der Waals surface area contributed by atoms with Gasteiger partial charge in [-0.1, -0.05) is 19.1 Å². The topological polar surface area (TPSA) is 62.6 Å². The molecule has 3 rings (SSSR count). The fourth-order valence-corrected chi connectivity index (χ4v) is 3.50. The second kappa shape index (κ2) is 7.68. The highest BCUT2D eigenvalue weighted by Crippen LogP contribution is 2.28. The van der Waals surface area contributed by atoms with Crippen LogP contribution in [0.25, 0.3) is 0 Å². The van der Waals surface area contributed by atoms with E-state index in [2.05, 4.69) is 28.3 Å². The molecule has 2 heterocycles. The van der Waals surface area contributed by atoms with Crippen LogP contribution in [0.2, 0.25) is 0 Å². The maximum absolute atomic E-state index is 12.7.